The van der Waals surface area contributed by atoms with Crippen LogP contribution in [0.2, 0.25) is 0 Å². The number of rotatable bonds is 3. The summed E-state index contributed by atoms with van der Waals surface area (Å²) in [7, 11) is 0. The molecule has 3 nitrogen and oxygen atoms in total. The summed E-state index contributed by atoms with van der Waals surface area (Å²) in [6, 6.07) is 56.3. The monoisotopic (exact) mass is 807 g/mol. The SMILES string of the molecule is Cc1cc(C)c2c(c1)C1(C)CCc3ccccc3C1(C)N2c1cc2c3c(c1)N(c1ccc(C(C)(C)C)cc1)c1ccc(C(C)(C)C)cc1B3c1ccccc1N2c1ccccc1. The van der Waals surface area contributed by atoms with Crippen LogP contribution in [0.4, 0.5) is 45.5 Å². The van der Waals surface area contributed by atoms with E-state index in [1.165, 1.54) is 101 Å². The molecule has 11 rings (SSSR count). The molecule has 4 aliphatic rings. The number of benzene rings is 7. The number of para-hydroxylation sites is 2. The highest BCUT2D eigenvalue weighted by molar-refractivity contribution is 7.00. The standard InChI is InChI=1S/C58H58BN3/c1-37-32-38(2)54-46(33-37)57(9)31-30-39-18-14-15-21-45(39)58(57,10)62(54)44-35-51-53-52(36-44)61(43-27-24-40(25-28-43)55(3,4)5)50-29-26-41(56(6,7)8)34-48(50)59(53)47-22-16-17-23-49(47)60(51)42-19-12-11-13-20-42/h11-29,32-36H,30-31H2,1-10H3. The summed E-state index contributed by atoms with van der Waals surface area (Å²) >= 11 is 0. The van der Waals surface area contributed by atoms with Gasteiger partial charge in [0, 0.05) is 50.9 Å². The van der Waals surface area contributed by atoms with Crippen LogP contribution in [-0.2, 0) is 28.2 Å². The maximum Gasteiger partial charge on any atom is 0.252 e. The fraction of sp³-hybridized carbons (Fsp3) is 0.276. The third kappa shape index (κ3) is 5.38. The van der Waals surface area contributed by atoms with Crippen molar-refractivity contribution in [1.82, 2.24) is 0 Å². The lowest BCUT2D eigenvalue weighted by Crippen LogP contribution is -2.61. The summed E-state index contributed by atoms with van der Waals surface area (Å²) in [6.45, 7) is 23.7. The predicted molar refractivity (Wildman–Crippen MR) is 265 cm³/mol. The van der Waals surface area contributed by atoms with Gasteiger partial charge < -0.3 is 14.7 Å². The molecule has 0 radical (unpaired) electrons. The van der Waals surface area contributed by atoms with Gasteiger partial charge in [0.25, 0.3) is 6.71 Å². The molecule has 0 N–H and O–H groups in total. The van der Waals surface area contributed by atoms with Gasteiger partial charge in [-0.1, -0.05) is 151 Å². The Balaban J connectivity index is 1.28. The van der Waals surface area contributed by atoms with E-state index in [-0.39, 0.29) is 28.5 Å². The zero-order valence-corrected chi connectivity index (χ0v) is 38.2. The van der Waals surface area contributed by atoms with E-state index in [4.69, 9.17) is 0 Å². The van der Waals surface area contributed by atoms with Crippen LogP contribution in [0.3, 0.4) is 0 Å². The molecule has 62 heavy (non-hydrogen) atoms. The summed E-state index contributed by atoms with van der Waals surface area (Å²) in [4.78, 5) is 7.94. The van der Waals surface area contributed by atoms with Crippen LogP contribution in [0.1, 0.15) is 101 Å². The second-order valence-electron chi connectivity index (χ2n) is 21.1. The van der Waals surface area contributed by atoms with Crippen LogP contribution in [0, 0.1) is 13.8 Å². The van der Waals surface area contributed by atoms with E-state index < -0.39 is 0 Å². The highest BCUT2D eigenvalue weighted by Crippen LogP contribution is 2.65. The Morgan fingerprint density at radius 2 is 1.11 bits per heavy atom. The molecule has 0 amide bonds. The number of hydrogen-bond donors (Lipinski definition) is 0. The number of hydrogen-bond acceptors (Lipinski definition) is 3. The molecule has 7 aromatic carbocycles. The lowest BCUT2D eigenvalue weighted by Gasteiger charge is -2.52. The van der Waals surface area contributed by atoms with Crippen molar-refractivity contribution in [3.63, 3.8) is 0 Å². The summed E-state index contributed by atoms with van der Waals surface area (Å²) in [5.74, 6) is 0. The van der Waals surface area contributed by atoms with Crippen LogP contribution in [-0.4, -0.2) is 6.71 Å². The van der Waals surface area contributed by atoms with E-state index in [9.17, 15) is 0 Å². The molecular weight excluding hydrogens is 749 g/mol. The van der Waals surface area contributed by atoms with E-state index in [0.717, 1.165) is 12.8 Å². The van der Waals surface area contributed by atoms with Crippen molar-refractivity contribution < 1.29 is 0 Å². The average molecular weight is 808 g/mol. The molecule has 0 saturated heterocycles. The topological polar surface area (TPSA) is 9.72 Å². The number of anilines is 8. The van der Waals surface area contributed by atoms with Crippen LogP contribution in [0.25, 0.3) is 0 Å². The van der Waals surface area contributed by atoms with Gasteiger partial charge >= 0.3 is 0 Å². The van der Waals surface area contributed by atoms with Crippen molar-refractivity contribution in [2.75, 3.05) is 14.7 Å². The van der Waals surface area contributed by atoms with Crippen LogP contribution in [0.5, 0.6) is 0 Å². The van der Waals surface area contributed by atoms with Crippen LogP contribution < -0.4 is 31.1 Å². The van der Waals surface area contributed by atoms with Gasteiger partial charge in [0.15, 0.2) is 0 Å². The van der Waals surface area contributed by atoms with Gasteiger partial charge in [0.2, 0.25) is 0 Å². The molecule has 0 saturated carbocycles. The third-order valence-corrected chi connectivity index (χ3v) is 15.3. The maximum atomic E-state index is 2.78. The largest absolute Gasteiger partial charge is 0.330 e. The predicted octanol–water partition coefficient (Wildman–Crippen LogP) is 13.3. The molecule has 3 heterocycles. The summed E-state index contributed by atoms with van der Waals surface area (Å²) < 4.78 is 0. The Hall–Kier alpha value is -6.00. The molecule has 0 aromatic heterocycles. The van der Waals surface area contributed by atoms with E-state index in [0.29, 0.717) is 0 Å². The number of fused-ring (bicyclic) bond motifs is 9. The van der Waals surface area contributed by atoms with Crippen molar-refractivity contribution in [3.8, 4) is 0 Å². The molecule has 2 unspecified atom stereocenters. The van der Waals surface area contributed by atoms with E-state index in [2.05, 4.69) is 230 Å². The fourth-order valence-corrected chi connectivity index (χ4v) is 12.0. The lowest BCUT2D eigenvalue weighted by atomic mass is 9.33. The number of aryl methyl sites for hydroxylation is 3. The molecular formula is C58H58BN3. The quantitative estimate of drug-likeness (QED) is 0.165. The maximum absolute atomic E-state index is 2.78. The molecule has 0 bridgehead atoms. The molecule has 4 heteroatoms. The van der Waals surface area contributed by atoms with Crippen LogP contribution in [0.15, 0.2) is 146 Å². The van der Waals surface area contributed by atoms with Crippen LogP contribution >= 0.6 is 0 Å². The Kier molecular flexibility index (Phi) is 8.32. The molecule has 0 fully saturated rings. The van der Waals surface area contributed by atoms with Gasteiger partial charge in [-0.05, 0) is 143 Å². The lowest BCUT2D eigenvalue weighted by molar-refractivity contribution is 0.245. The molecule has 308 valence electrons. The van der Waals surface area contributed by atoms with E-state index >= 15 is 0 Å². The smallest absolute Gasteiger partial charge is 0.252 e. The molecule has 1 aliphatic carbocycles. The van der Waals surface area contributed by atoms with Crippen molar-refractivity contribution in [3.05, 3.63) is 185 Å². The number of nitrogens with zero attached hydrogens (tertiary/aromatic N) is 3. The summed E-state index contributed by atoms with van der Waals surface area (Å²) in [5.41, 5.74) is 23.2. The molecule has 2 atom stereocenters. The van der Waals surface area contributed by atoms with E-state index in [1.807, 2.05) is 0 Å². The van der Waals surface area contributed by atoms with Crippen molar-refractivity contribution in [2.45, 2.75) is 104 Å². The summed E-state index contributed by atoms with van der Waals surface area (Å²) in [6.07, 6.45) is 2.16. The zero-order valence-electron chi connectivity index (χ0n) is 38.2. The minimum absolute atomic E-state index is 0.0107. The van der Waals surface area contributed by atoms with E-state index in [1.54, 1.807) is 0 Å². The van der Waals surface area contributed by atoms with Gasteiger partial charge in [-0.25, -0.2) is 0 Å². The first-order valence-corrected chi connectivity index (χ1v) is 22.8. The van der Waals surface area contributed by atoms with Gasteiger partial charge in [-0.15, -0.1) is 0 Å². The normalized spacial score (nSPS) is 19.6. The average Bonchev–Trinajstić information content (AvgIpc) is 3.46. The Morgan fingerprint density at radius 3 is 1.81 bits per heavy atom. The Bertz CT molecular complexity index is 2950. The second-order valence-corrected chi connectivity index (χ2v) is 21.1. The van der Waals surface area contributed by atoms with Crippen molar-refractivity contribution >= 4 is 68.6 Å². The zero-order chi connectivity index (χ0) is 43.1. The van der Waals surface area contributed by atoms with Gasteiger partial charge in [-0.2, -0.15) is 0 Å². The third-order valence-electron chi connectivity index (χ3n) is 15.3. The minimum Gasteiger partial charge on any atom is -0.330 e. The van der Waals surface area contributed by atoms with Crippen molar-refractivity contribution in [1.29, 1.82) is 0 Å². The van der Waals surface area contributed by atoms with Gasteiger partial charge in [0.1, 0.15) is 0 Å². The van der Waals surface area contributed by atoms with Gasteiger partial charge in [0.05, 0.1) is 5.54 Å². The Morgan fingerprint density at radius 1 is 0.516 bits per heavy atom. The van der Waals surface area contributed by atoms with Crippen molar-refractivity contribution in [2.24, 2.45) is 0 Å². The second kappa shape index (κ2) is 13.3. The highest BCUT2D eigenvalue weighted by atomic mass is 15.3. The highest BCUT2D eigenvalue weighted by Gasteiger charge is 2.60. The molecule has 0 spiro atoms. The first-order valence-electron chi connectivity index (χ1n) is 22.8. The molecule has 7 aromatic rings. The minimum atomic E-state index is -0.347. The fourth-order valence-electron chi connectivity index (χ4n) is 12.0. The molecule has 3 aliphatic heterocycles. The first-order chi connectivity index (χ1) is 29.6. The summed E-state index contributed by atoms with van der Waals surface area (Å²) in [5, 5.41) is 0. The Labute approximate surface area is 370 Å². The first kappa shape index (κ1) is 38.9. The van der Waals surface area contributed by atoms with Gasteiger partial charge in [-0.3, -0.25) is 0 Å².